The van der Waals surface area contributed by atoms with Crippen LogP contribution in [0.25, 0.3) is 11.1 Å². The predicted molar refractivity (Wildman–Crippen MR) is 118 cm³/mol. The molecular formula is C26H30O. The van der Waals surface area contributed by atoms with Gasteiger partial charge in [0.15, 0.2) is 0 Å². The number of phenols is 1. The van der Waals surface area contributed by atoms with E-state index in [1.807, 2.05) is 26.0 Å². The standard InChI is InChI=1S/C24H24O.C2H6/c1-4-22(19-13-15-21(25)16-14-19)24(20-11-9-17(2)10-12-20)23-8-6-5-7-18(23)3;1-2/h5-16,25H,4H2,1-3H3;1-2H3/b24-22+;. The van der Waals surface area contributed by atoms with Crippen LogP contribution in [0.1, 0.15) is 55.0 Å². The van der Waals surface area contributed by atoms with Crippen LogP contribution in [0.3, 0.4) is 0 Å². The van der Waals surface area contributed by atoms with Crippen LogP contribution in [0.2, 0.25) is 0 Å². The molecule has 0 aromatic heterocycles. The summed E-state index contributed by atoms with van der Waals surface area (Å²) < 4.78 is 0. The Balaban J connectivity index is 0.00000126. The van der Waals surface area contributed by atoms with Gasteiger partial charge in [0.25, 0.3) is 0 Å². The molecule has 0 aliphatic carbocycles. The van der Waals surface area contributed by atoms with Gasteiger partial charge in [-0.15, -0.1) is 0 Å². The summed E-state index contributed by atoms with van der Waals surface area (Å²) in [7, 11) is 0. The van der Waals surface area contributed by atoms with Crippen LogP contribution in [0.5, 0.6) is 5.75 Å². The number of hydrogen-bond donors (Lipinski definition) is 1. The maximum absolute atomic E-state index is 9.64. The van der Waals surface area contributed by atoms with Crippen LogP contribution in [0.15, 0.2) is 72.8 Å². The van der Waals surface area contributed by atoms with Crippen molar-refractivity contribution in [3.05, 3.63) is 101 Å². The van der Waals surface area contributed by atoms with Gasteiger partial charge in [-0.2, -0.15) is 0 Å². The molecule has 27 heavy (non-hydrogen) atoms. The number of hydrogen-bond acceptors (Lipinski definition) is 1. The van der Waals surface area contributed by atoms with Gasteiger partial charge in [-0.1, -0.05) is 87.0 Å². The summed E-state index contributed by atoms with van der Waals surface area (Å²) in [4.78, 5) is 0. The Bertz CT molecular complexity index is 884. The molecular weight excluding hydrogens is 328 g/mol. The molecule has 0 unspecified atom stereocenters. The molecule has 0 fully saturated rings. The predicted octanol–water partition coefficient (Wildman–Crippen LogP) is 7.40. The molecule has 3 aromatic rings. The van der Waals surface area contributed by atoms with E-state index in [0.717, 1.165) is 12.0 Å². The maximum Gasteiger partial charge on any atom is 0.115 e. The second kappa shape index (κ2) is 9.78. The number of rotatable bonds is 4. The van der Waals surface area contributed by atoms with Crippen LogP contribution in [0.4, 0.5) is 0 Å². The van der Waals surface area contributed by atoms with E-state index in [2.05, 4.69) is 69.3 Å². The third-order valence-electron chi connectivity index (χ3n) is 4.63. The van der Waals surface area contributed by atoms with Gasteiger partial charge in [-0.3, -0.25) is 0 Å². The minimum atomic E-state index is 0.298. The minimum absolute atomic E-state index is 0.298. The largest absolute Gasteiger partial charge is 0.508 e. The number of phenolic OH excluding ortho intramolecular Hbond substituents is 1. The van der Waals surface area contributed by atoms with Gasteiger partial charge in [0, 0.05) is 0 Å². The molecule has 0 aliphatic heterocycles. The number of aryl methyl sites for hydroxylation is 2. The Morgan fingerprint density at radius 2 is 1.30 bits per heavy atom. The van der Waals surface area contributed by atoms with Crippen LogP contribution in [-0.4, -0.2) is 5.11 Å². The Morgan fingerprint density at radius 1 is 0.741 bits per heavy atom. The van der Waals surface area contributed by atoms with Crippen molar-refractivity contribution in [3.63, 3.8) is 0 Å². The summed E-state index contributed by atoms with van der Waals surface area (Å²) in [6, 6.07) is 24.8. The Hall–Kier alpha value is -2.80. The van der Waals surface area contributed by atoms with E-state index in [0.29, 0.717) is 5.75 Å². The second-order valence-electron chi connectivity index (χ2n) is 6.43. The molecule has 140 valence electrons. The first-order chi connectivity index (χ1) is 13.1. The van der Waals surface area contributed by atoms with E-state index >= 15 is 0 Å². The zero-order chi connectivity index (χ0) is 19.8. The van der Waals surface area contributed by atoms with Crippen molar-refractivity contribution in [1.29, 1.82) is 0 Å². The van der Waals surface area contributed by atoms with Crippen LogP contribution < -0.4 is 0 Å². The second-order valence-corrected chi connectivity index (χ2v) is 6.43. The van der Waals surface area contributed by atoms with Gasteiger partial charge in [0.1, 0.15) is 5.75 Å². The zero-order valence-electron chi connectivity index (χ0n) is 17.1. The van der Waals surface area contributed by atoms with Crippen molar-refractivity contribution in [2.24, 2.45) is 0 Å². The fourth-order valence-electron chi connectivity index (χ4n) is 3.25. The number of benzene rings is 3. The average molecular weight is 359 g/mol. The lowest BCUT2D eigenvalue weighted by atomic mass is 9.86. The summed E-state index contributed by atoms with van der Waals surface area (Å²) in [6.07, 6.45) is 0.919. The fourth-order valence-corrected chi connectivity index (χ4v) is 3.25. The molecule has 0 saturated carbocycles. The lowest BCUT2D eigenvalue weighted by molar-refractivity contribution is 0.475. The summed E-state index contributed by atoms with van der Waals surface area (Å²) in [5.41, 5.74) is 8.73. The molecule has 0 aliphatic rings. The van der Waals surface area contributed by atoms with E-state index in [1.165, 1.54) is 33.4 Å². The van der Waals surface area contributed by atoms with Gasteiger partial charge < -0.3 is 5.11 Å². The molecule has 0 saturated heterocycles. The third-order valence-corrected chi connectivity index (χ3v) is 4.63. The van der Waals surface area contributed by atoms with Gasteiger partial charge in [0.05, 0.1) is 0 Å². The molecule has 1 N–H and O–H groups in total. The molecule has 0 bridgehead atoms. The fraction of sp³-hybridized carbons (Fsp3) is 0.231. The molecule has 0 atom stereocenters. The average Bonchev–Trinajstić information content (AvgIpc) is 2.70. The molecule has 0 radical (unpaired) electrons. The highest BCUT2D eigenvalue weighted by molar-refractivity contribution is 5.99. The smallest absolute Gasteiger partial charge is 0.115 e. The first kappa shape index (κ1) is 20.5. The molecule has 1 heteroatoms. The first-order valence-corrected chi connectivity index (χ1v) is 9.75. The van der Waals surface area contributed by atoms with Gasteiger partial charge in [-0.05, 0) is 65.8 Å². The Kier molecular flexibility index (Phi) is 7.43. The first-order valence-electron chi connectivity index (χ1n) is 9.75. The van der Waals surface area contributed by atoms with Gasteiger partial charge >= 0.3 is 0 Å². The van der Waals surface area contributed by atoms with Crippen molar-refractivity contribution < 1.29 is 5.11 Å². The molecule has 0 amide bonds. The van der Waals surface area contributed by atoms with Crippen molar-refractivity contribution in [3.8, 4) is 5.75 Å². The van der Waals surface area contributed by atoms with E-state index in [-0.39, 0.29) is 0 Å². The summed E-state index contributed by atoms with van der Waals surface area (Å²) in [5, 5.41) is 9.64. The van der Waals surface area contributed by atoms with E-state index in [1.54, 1.807) is 12.1 Å². The highest BCUT2D eigenvalue weighted by atomic mass is 16.3. The van der Waals surface area contributed by atoms with E-state index < -0.39 is 0 Å². The van der Waals surface area contributed by atoms with Crippen molar-refractivity contribution in [2.45, 2.75) is 41.0 Å². The monoisotopic (exact) mass is 358 g/mol. The molecule has 1 nitrogen and oxygen atoms in total. The molecule has 3 aromatic carbocycles. The zero-order valence-corrected chi connectivity index (χ0v) is 17.1. The van der Waals surface area contributed by atoms with Crippen LogP contribution in [0, 0.1) is 13.8 Å². The summed E-state index contributed by atoms with van der Waals surface area (Å²) >= 11 is 0. The Labute approximate surface area is 164 Å². The third kappa shape index (κ3) is 4.89. The number of allylic oxidation sites excluding steroid dienone is 1. The summed E-state index contributed by atoms with van der Waals surface area (Å²) in [6.45, 7) is 10.5. The highest BCUT2D eigenvalue weighted by Gasteiger charge is 2.14. The van der Waals surface area contributed by atoms with Gasteiger partial charge in [0.2, 0.25) is 0 Å². The summed E-state index contributed by atoms with van der Waals surface area (Å²) in [5.74, 6) is 0.298. The SMILES string of the molecule is CC.CC/C(=C(/c1ccc(C)cc1)c1ccccc1C)c1ccc(O)cc1. The van der Waals surface area contributed by atoms with E-state index in [9.17, 15) is 5.11 Å². The lowest BCUT2D eigenvalue weighted by Gasteiger charge is -2.18. The topological polar surface area (TPSA) is 20.2 Å². The molecule has 0 spiro atoms. The van der Waals surface area contributed by atoms with Gasteiger partial charge in [-0.25, -0.2) is 0 Å². The molecule has 0 heterocycles. The Morgan fingerprint density at radius 3 is 1.85 bits per heavy atom. The van der Waals surface area contributed by atoms with Crippen molar-refractivity contribution in [1.82, 2.24) is 0 Å². The van der Waals surface area contributed by atoms with Crippen molar-refractivity contribution >= 4 is 11.1 Å². The highest BCUT2D eigenvalue weighted by Crippen LogP contribution is 2.36. The number of aromatic hydroxyl groups is 1. The lowest BCUT2D eigenvalue weighted by Crippen LogP contribution is -1.97. The quantitative estimate of drug-likeness (QED) is 0.482. The maximum atomic E-state index is 9.64. The van der Waals surface area contributed by atoms with Crippen LogP contribution >= 0.6 is 0 Å². The van der Waals surface area contributed by atoms with Crippen LogP contribution in [-0.2, 0) is 0 Å². The molecule has 3 rings (SSSR count). The van der Waals surface area contributed by atoms with Crippen molar-refractivity contribution in [2.75, 3.05) is 0 Å². The minimum Gasteiger partial charge on any atom is -0.508 e. The normalized spacial score (nSPS) is 11.3. The van der Waals surface area contributed by atoms with E-state index in [4.69, 9.17) is 0 Å².